The number of rotatable bonds is 5. The van der Waals surface area contributed by atoms with Crippen molar-refractivity contribution in [2.24, 2.45) is 5.92 Å². The quantitative estimate of drug-likeness (QED) is 0.751. The van der Waals surface area contributed by atoms with Crippen molar-refractivity contribution in [2.75, 3.05) is 6.54 Å². The second-order valence-electron chi connectivity index (χ2n) is 6.13. The normalized spacial score (nSPS) is 14.7. The van der Waals surface area contributed by atoms with Crippen molar-refractivity contribution in [3.8, 4) is 11.4 Å². The number of carbonyl (C=O) groups is 1. The van der Waals surface area contributed by atoms with Gasteiger partial charge in [-0.3, -0.25) is 4.79 Å². The van der Waals surface area contributed by atoms with E-state index in [4.69, 9.17) is 0 Å². The summed E-state index contributed by atoms with van der Waals surface area (Å²) in [5, 5.41) is 6.25. The highest BCUT2D eigenvalue weighted by molar-refractivity contribution is 5.81. The first-order valence-electron chi connectivity index (χ1n) is 8.06. The molecule has 3 aromatic rings. The van der Waals surface area contributed by atoms with E-state index in [1.54, 1.807) is 24.5 Å². The Hall–Kier alpha value is -2.91. The van der Waals surface area contributed by atoms with Crippen LogP contribution in [0.5, 0.6) is 0 Å². The molecule has 2 heterocycles. The van der Waals surface area contributed by atoms with Crippen molar-refractivity contribution in [3.63, 3.8) is 0 Å². The van der Waals surface area contributed by atoms with Crippen LogP contribution in [-0.2, 0) is 17.5 Å². The Morgan fingerprint density at radius 2 is 2.15 bits per heavy atom. The van der Waals surface area contributed by atoms with Crippen LogP contribution in [0.15, 0.2) is 29.0 Å². The number of carbonyl (C=O) groups excluding carboxylic acids is 1. The second kappa shape index (κ2) is 6.11. The minimum atomic E-state index is -4.68. The van der Waals surface area contributed by atoms with E-state index in [2.05, 4.69) is 25.0 Å². The Balaban J connectivity index is 1.54. The molecule has 0 aliphatic heterocycles. The number of hydrogen-bond acceptors (Lipinski definition) is 5. The topological polar surface area (TPSA) is 85.8 Å². The molecule has 0 unspecified atom stereocenters. The average molecular weight is 365 g/mol. The van der Waals surface area contributed by atoms with Crippen LogP contribution in [0.1, 0.15) is 18.7 Å². The summed E-state index contributed by atoms with van der Waals surface area (Å²) in [6, 6.07) is 4.91. The van der Waals surface area contributed by atoms with E-state index in [0.29, 0.717) is 29.7 Å². The molecule has 0 atom stereocenters. The maximum Gasteiger partial charge on any atom is 0.471 e. The fourth-order valence-electron chi connectivity index (χ4n) is 2.62. The van der Waals surface area contributed by atoms with E-state index in [-0.39, 0.29) is 17.6 Å². The number of alkyl halides is 3. The summed E-state index contributed by atoms with van der Waals surface area (Å²) in [6.07, 6.45) is -1.19. The molecule has 1 N–H and O–H groups in total. The predicted molar refractivity (Wildman–Crippen MR) is 83.8 cm³/mol. The van der Waals surface area contributed by atoms with Gasteiger partial charge in [-0.15, -0.1) is 0 Å². The summed E-state index contributed by atoms with van der Waals surface area (Å²) in [6.45, 7) is 0.948. The molecule has 1 aliphatic rings. The zero-order valence-corrected chi connectivity index (χ0v) is 13.5. The summed E-state index contributed by atoms with van der Waals surface area (Å²) in [7, 11) is 0. The van der Waals surface area contributed by atoms with Gasteiger partial charge in [-0.05, 0) is 31.0 Å². The van der Waals surface area contributed by atoms with E-state index in [1.165, 1.54) is 0 Å². The lowest BCUT2D eigenvalue weighted by Gasteiger charge is -2.06. The second-order valence-corrected chi connectivity index (χ2v) is 6.13. The van der Waals surface area contributed by atoms with Gasteiger partial charge < -0.3 is 14.4 Å². The fourth-order valence-corrected chi connectivity index (χ4v) is 2.62. The molecule has 0 spiro atoms. The van der Waals surface area contributed by atoms with Gasteiger partial charge >= 0.3 is 12.1 Å². The first-order chi connectivity index (χ1) is 12.4. The third-order valence-corrected chi connectivity index (χ3v) is 4.15. The molecule has 4 rings (SSSR count). The fraction of sp³-hybridized carbons (Fsp3) is 0.375. The van der Waals surface area contributed by atoms with Gasteiger partial charge in [-0.2, -0.15) is 18.2 Å². The molecule has 7 nitrogen and oxygen atoms in total. The molecule has 136 valence electrons. The van der Waals surface area contributed by atoms with E-state index in [0.717, 1.165) is 12.8 Å². The Morgan fingerprint density at radius 1 is 1.35 bits per heavy atom. The molecule has 1 amide bonds. The molecule has 0 radical (unpaired) electrons. The lowest BCUT2D eigenvalue weighted by molar-refractivity contribution is -0.159. The number of benzene rings is 1. The van der Waals surface area contributed by atoms with Crippen molar-refractivity contribution in [3.05, 3.63) is 30.4 Å². The lowest BCUT2D eigenvalue weighted by Crippen LogP contribution is -2.28. The van der Waals surface area contributed by atoms with Crippen molar-refractivity contribution in [1.82, 2.24) is 25.0 Å². The summed E-state index contributed by atoms with van der Waals surface area (Å²) < 4.78 is 43.9. The van der Waals surface area contributed by atoms with Gasteiger partial charge in [-0.1, -0.05) is 5.16 Å². The van der Waals surface area contributed by atoms with Gasteiger partial charge in [0.05, 0.1) is 17.4 Å². The Bertz CT molecular complexity index is 958. The molecule has 0 saturated heterocycles. The minimum Gasteiger partial charge on any atom is -0.354 e. The van der Waals surface area contributed by atoms with Gasteiger partial charge in [0.25, 0.3) is 0 Å². The number of nitrogens with one attached hydrogen (secondary N) is 1. The molecule has 26 heavy (non-hydrogen) atoms. The third-order valence-electron chi connectivity index (χ3n) is 4.15. The number of amides is 1. The van der Waals surface area contributed by atoms with Gasteiger partial charge in [0.2, 0.25) is 11.7 Å². The number of aromatic nitrogens is 4. The summed E-state index contributed by atoms with van der Waals surface area (Å²) in [5.74, 6) is -1.33. The third kappa shape index (κ3) is 3.26. The van der Waals surface area contributed by atoms with Crippen LogP contribution in [0.3, 0.4) is 0 Å². The van der Waals surface area contributed by atoms with Gasteiger partial charge in [0.1, 0.15) is 0 Å². The Labute approximate surface area is 145 Å². The molecular weight excluding hydrogens is 351 g/mol. The maximum atomic E-state index is 12.6. The van der Waals surface area contributed by atoms with Crippen LogP contribution in [0, 0.1) is 5.92 Å². The van der Waals surface area contributed by atoms with Crippen LogP contribution in [-0.4, -0.2) is 32.1 Å². The molecular formula is C16H14F3N5O2. The van der Waals surface area contributed by atoms with Crippen molar-refractivity contribution in [2.45, 2.75) is 25.6 Å². The molecule has 1 fully saturated rings. The summed E-state index contributed by atoms with van der Waals surface area (Å²) in [5.41, 5.74) is 1.78. The molecule has 10 heteroatoms. The van der Waals surface area contributed by atoms with E-state index >= 15 is 0 Å². The largest absolute Gasteiger partial charge is 0.471 e. The SMILES string of the molecule is O=C(NCCn1cnc2ccc(-c3noc(C(F)(F)F)n3)cc21)C1CC1. The zero-order chi connectivity index (χ0) is 18.3. The maximum absolute atomic E-state index is 12.6. The number of fused-ring (bicyclic) bond motifs is 1. The van der Waals surface area contributed by atoms with E-state index in [1.807, 2.05) is 4.57 Å². The monoisotopic (exact) mass is 365 g/mol. The van der Waals surface area contributed by atoms with Crippen LogP contribution in [0.4, 0.5) is 13.2 Å². The average Bonchev–Trinajstić information content (AvgIpc) is 3.18. The Morgan fingerprint density at radius 3 is 2.85 bits per heavy atom. The highest BCUT2D eigenvalue weighted by atomic mass is 19.4. The predicted octanol–water partition coefficient (Wildman–Crippen LogP) is 2.63. The number of nitrogens with zero attached hydrogens (tertiary/aromatic N) is 4. The van der Waals surface area contributed by atoms with Crippen LogP contribution >= 0.6 is 0 Å². The van der Waals surface area contributed by atoms with Crippen LogP contribution in [0.25, 0.3) is 22.4 Å². The highest BCUT2D eigenvalue weighted by Gasteiger charge is 2.38. The van der Waals surface area contributed by atoms with Crippen LogP contribution < -0.4 is 5.32 Å². The smallest absolute Gasteiger partial charge is 0.354 e. The lowest BCUT2D eigenvalue weighted by atomic mass is 10.2. The first kappa shape index (κ1) is 16.6. The highest BCUT2D eigenvalue weighted by Crippen LogP contribution is 2.30. The van der Waals surface area contributed by atoms with Crippen molar-refractivity contribution < 1.29 is 22.5 Å². The van der Waals surface area contributed by atoms with Gasteiger partial charge in [0, 0.05) is 24.6 Å². The molecule has 1 aromatic carbocycles. The van der Waals surface area contributed by atoms with E-state index in [9.17, 15) is 18.0 Å². The summed E-state index contributed by atoms with van der Waals surface area (Å²) in [4.78, 5) is 19.3. The van der Waals surface area contributed by atoms with Crippen molar-refractivity contribution in [1.29, 1.82) is 0 Å². The number of halogens is 3. The van der Waals surface area contributed by atoms with Crippen LogP contribution in [0.2, 0.25) is 0 Å². The molecule has 0 bridgehead atoms. The zero-order valence-electron chi connectivity index (χ0n) is 13.5. The van der Waals surface area contributed by atoms with E-state index < -0.39 is 12.1 Å². The Kier molecular flexibility index (Phi) is 3.89. The number of imidazole rings is 1. The minimum absolute atomic E-state index is 0.0570. The molecule has 1 aliphatic carbocycles. The van der Waals surface area contributed by atoms with Crippen molar-refractivity contribution >= 4 is 16.9 Å². The summed E-state index contributed by atoms with van der Waals surface area (Å²) >= 11 is 0. The molecule has 1 saturated carbocycles. The molecule has 2 aromatic heterocycles. The first-order valence-corrected chi connectivity index (χ1v) is 8.06. The van der Waals surface area contributed by atoms with Gasteiger partial charge in [-0.25, -0.2) is 4.98 Å². The standard InChI is InChI=1S/C16H14F3N5O2/c17-16(18,19)15-22-13(23-26-15)10-3-4-11-12(7-10)24(8-21-11)6-5-20-14(25)9-1-2-9/h3-4,7-9H,1-2,5-6H2,(H,20,25). The number of hydrogen-bond donors (Lipinski definition) is 1. The van der Waals surface area contributed by atoms with Gasteiger partial charge in [0.15, 0.2) is 0 Å².